The highest BCUT2D eigenvalue weighted by Crippen LogP contribution is 2.23. The summed E-state index contributed by atoms with van der Waals surface area (Å²) in [5.41, 5.74) is 1.37. The molecule has 0 aliphatic carbocycles. The van der Waals surface area contributed by atoms with Crippen LogP contribution in [-0.4, -0.2) is 79.0 Å². The van der Waals surface area contributed by atoms with E-state index in [0.29, 0.717) is 17.7 Å². The van der Waals surface area contributed by atoms with Crippen LogP contribution in [0.5, 0.6) is 0 Å². The molecule has 1 aromatic carbocycles. The Morgan fingerprint density at radius 2 is 1.78 bits per heavy atom. The summed E-state index contributed by atoms with van der Waals surface area (Å²) in [6.45, 7) is 5.18. The van der Waals surface area contributed by atoms with E-state index in [1.807, 2.05) is 47.4 Å². The molecule has 3 heterocycles. The number of anilines is 1. The smallest absolute Gasteiger partial charge is 0.254 e. The summed E-state index contributed by atoms with van der Waals surface area (Å²) in [7, 11) is 2.13. The van der Waals surface area contributed by atoms with Crippen molar-refractivity contribution in [1.82, 2.24) is 20.1 Å². The largest absolute Gasteiger partial charge is 0.354 e. The number of likely N-dealkylation sites (tertiary alicyclic amines) is 1. The van der Waals surface area contributed by atoms with Gasteiger partial charge in [-0.2, -0.15) is 0 Å². The quantitative estimate of drug-likeness (QED) is 0.756. The summed E-state index contributed by atoms with van der Waals surface area (Å²) < 4.78 is 0. The molecule has 32 heavy (non-hydrogen) atoms. The Kier molecular flexibility index (Phi) is 7.37. The molecule has 0 spiro atoms. The Balaban J connectivity index is 1.37. The lowest BCUT2D eigenvalue weighted by Crippen LogP contribution is -2.46. The van der Waals surface area contributed by atoms with Crippen molar-refractivity contribution >= 4 is 17.6 Å². The fourth-order valence-electron chi connectivity index (χ4n) is 4.54. The Bertz CT molecular complexity index is 912. The number of likely N-dealkylation sites (N-methyl/N-ethyl adjacent to an activating group) is 1. The second-order valence-electron chi connectivity index (χ2n) is 8.75. The van der Waals surface area contributed by atoms with Crippen molar-refractivity contribution in [3.8, 4) is 0 Å². The number of nitrogens with one attached hydrogen (secondary N) is 1. The lowest BCUT2D eigenvalue weighted by atomic mass is 9.98. The predicted molar refractivity (Wildman–Crippen MR) is 126 cm³/mol. The molecule has 4 rings (SSSR count). The van der Waals surface area contributed by atoms with E-state index in [4.69, 9.17) is 0 Å². The molecule has 2 aliphatic rings. The monoisotopic (exact) mass is 435 g/mol. The van der Waals surface area contributed by atoms with Crippen LogP contribution in [0.25, 0.3) is 0 Å². The van der Waals surface area contributed by atoms with Crippen molar-refractivity contribution in [2.75, 3.05) is 51.2 Å². The van der Waals surface area contributed by atoms with Crippen LogP contribution in [0, 0.1) is 0 Å². The molecule has 2 amide bonds. The van der Waals surface area contributed by atoms with Gasteiger partial charge in [-0.3, -0.25) is 9.59 Å². The molecule has 2 aromatic rings. The summed E-state index contributed by atoms with van der Waals surface area (Å²) in [4.78, 5) is 36.8. The van der Waals surface area contributed by atoms with E-state index in [-0.39, 0.29) is 17.9 Å². The van der Waals surface area contributed by atoms with Gasteiger partial charge < -0.3 is 20.0 Å². The Morgan fingerprint density at radius 1 is 1.00 bits per heavy atom. The van der Waals surface area contributed by atoms with Gasteiger partial charge in [-0.25, -0.2) is 4.98 Å². The molecule has 7 heteroatoms. The topological polar surface area (TPSA) is 68.8 Å². The first-order chi connectivity index (χ1) is 15.6. The number of rotatable bonds is 6. The van der Waals surface area contributed by atoms with Crippen LogP contribution in [0.3, 0.4) is 0 Å². The molecular weight excluding hydrogens is 402 g/mol. The van der Waals surface area contributed by atoms with Crippen LogP contribution in [0.4, 0.5) is 5.82 Å². The zero-order chi connectivity index (χ0) is 22.3. The molecule has 2 aliphatic heterocycles. The fraction of sp³-hybridized carbons (Fsp3) is 0.480. The number of carbonyl (C=O) groups is 2. The van der Waals surface area contributed by atoms with Gasteiger partial charge in [-0.15, -0.1) is 0 Å². The summed E-state index contributed by atoms with van der Waals surface area (Å²) in [6, 6.07) is 13.2. The molecule has 2 fully saturated rings. The lowest BCUT2D eigenvalue weighted by Gasteiger charge is -2.36. The SMILES string of the molecule is CN1CCN(c2cc(C(=O)N3CCCC[C@@H]3CCNC(=O)c3ccccc3)ccn2)CC1. The number of amides is 2. The molecule has 0 radical (unpaired) electrons. The average Bonchev–Trinajstić information content (AvgIpc) is 2.85. The van der Waals surface area contributed by atoms with Crippen molar-refractivity contribution in [3.05, 3.63) is 59.8 Å². The Morgan fingerprint density at radius 3 is 2.56 bits per heavy atom. The summed E-state index contributed by atoms with van der Waals surface area (Å²) >= 11 is 0. The molecule has 7 nitrogen and oxygen atoms in total. The van der Waals surface area contributed by atoms with Gasteiger partial charge >= 0.3 is 0 Å². The molecule has 0 saturated carbocycles. The van der Waals surface area contributed by atoms with E-state index in [1.54, 1.807) is 6.20 Å². The molecule has 1 aromatic heterocycles. The predicted octanol–water partition coefficient (Wildman–Crippen LogP) is 2.65. The second kappa shape index (κ2) is 10.6. The summed E-state index contributed by atoms with van der Waals surface area (Å²) in [5.74, 6) is 0.889. The number of aromatic nitrogens is 1. The Hall–Kier alpha value is -2.93. The van der Waals surface area contributed by atoms with Gasteiger partial charge in [0.15, 0.2) is 0 Å². The number of piperidine rings is 1. The van der Waals surface area contributed by atoms with E-state index in [0.717, 1.165) is 64.2 Å². The number of nitrogens with zero attached hydrogens (tertiary/aromatic N) is 4. The maximum absolute atomic E-state index is 13.4. The van der Waals surface area contributed by atoms with Gasteiger partial charge in [0.05, 0.1) is 0 Å². The highest BCUT2D eigenvalue weighted by atomic mass is 16.2. The van der Waals surface area contributed by atoms with Crippen molar-refractivity contribution in [2.24, 2.45) is 0 Å². The van der Waals surface area contributed by atoms with Gasteiger partial charge in [0.25, 0.3) is 11.8 Å². The minimum atomic E-state index is -0.0646. The third kappa shape index (κ3) is 5.46. The number of carbonyl (C=O) groups excluding carboxylic acids is 2. The third-order valence-electron chi connectivity index (χ3n) is 6.51. The molecule has 2 saturated heterocycles. The minimum absolute atomic E-state index is 0.0646. The maximum atomic E-state index is 13.4. The number of benzene rings is 1. The molecule has 170 valence electrons. The number of pyridine rings is 1. The van der Waals surface area contributed by atoms with Gasteiger partial charge in [0.2, 0.25) is 0 Å². The normalized spacial score (nSPS) is 19.6. The average molecular weight is 436 g/mol. The van der Waals surface area contributed by atoms with Gasteiger partial charge in [0.1, 0.15) is 5.82 Å². The first-order valence-corrected chi connectivity index (χ1v) is 11.7. The first-order valence-electron chi connectivity index (χ1n) is 11.7. The highest BCUT2D eigenvalue weighted by molar-refractivity contribution is 5.95. The number of hydrogen-bond donors (Lipinski definition) is 1. The second-order valence-corrected chi connectivity index (χ2v) is 8.75. The first kappa shape index (κ1) is 22.3. The van der Waals surface area contributed by atoms with Crippen molar-refractivity contribution in [2.45, 2.75) is 31.7 Å². The summed E-state index contributed by atoms with van der Waals surface area (Å²) in [6.07, 6.45) is 5.63. The standard InChI is InChI=1S/C25H33N5O2/c1-28-15-17-29(18-16-28)23-19-21(10-12-26-23)25(32)30-14-6-5-9-22(30)11-13-27-24(31)20-7-3-2-4-8-20/h2-4,7-8,10,12,19,22H,5-6,9,11,13-18H2,1H3,(H,27,31)/t22-/m1/s1. The number of piperazine rings is 1. The van der Waals surface area contributed by atoms with E-state index < -0.39 is 0 Å². The Labute approximate surface area is 190 Å². The van der Waals surface area contributed by atoms with Crippen molar-refractivity contribution in [3.63, 3.8) is 0 Å². The van der Waals surface area contributed by atoms with Crippen molar-refractivity contribution < 1.29 is 9.59 Å². The van der Waals surface area contributed by atoms with Crippen LogP contribution >= 0.6 is 0 Å². The highest BCUT2D eigenvalue weighted by Gasteiger charge is 2.28. The molecular formula is C25H33N5O2. The van der Waals surface area contributed by atoms with Crippen LogP contribution < -0.4 is 10.2 Å². The van der Waals surface area contributed by atoms with E-state index in [1.165, 1.54) is 0 Å². The zero-order valence-electron chi connectivity index (χ0n) is 18.9. The fourth-order valence-corrected chi connectivity index (χ4v) is 4.54. The molecule has 1 atom stereocenters. The van der Waals surface area contributed by atoms with Crippen LogP contribution in [0.2, 0.25) is 0 Å². The molecule has 0 bridgehead atoms. The van der Waals surface area contributed by atoms with Gasteiger partial charge in [0, 0.05) is 62.6 Å². The van der Waals surface area contributed by atoms with Crippen LogP contribution in [0.15, 0.2) is 48.7 Å². The minimum Gasteiger partial charge on any atom is -0.354 e. The summed E-state index contributed by atoms with van der Waals surface area (Å²) in [5, 5.41) is 3.00. The van der Waals surface area contributed by atoms with Gasteiger partial charge in [-0.05, 0) is 57.0 Å². The van der Waals surface area contributed by atoms with Crippen LogP contribution in [-0.2, 0) is 0 Å². The third-order valence-corrected chi connectivity index (χ3v) is 6.51. The van der Waals surface area contributed by atoms with E-state index in [9.17, 15) is 9.59 Å². The maximum Gasteiger partial charge on any atom is 0.254 e. The van der Waals surface area contributed by atoms with Crippen LogP contribution in [0.1, 0.15) is 46.4 Å². The molecule has 0 unspecified atom stereocenters. The molecule has 1 N–H and O–H groups in total. The zero-order valence-corrected chi connectivity index (χ0v) is 18.9. The van der Waals surface area contributed by atoms with E-state index in [2.05, 4.69) is 27.1 Å². The number of hydrogen-bond acceptors (Lipinski definition) is 5. The van der Waals surface area contributed by atoms with E-state index >= 15 is 0 Å². The van der Waals surface area contributed by atoms with Gasteiger partial charge in [-0.1, -0.05) is 18.2 Å². The lowest BCUT2D eigenvalue weighted by molar-refractivity contribution is 0.0601. The van der Waals surface area contributed by atoms with Crippen molar-refractivity contribution in [1.29, 1.82) is 0 Å².